The smallest absolute Gasteiger partial charge is 0.208 e. The molecule has 0 atom stereocenters. The molecule has 0 aliphatic carbocycles. The first-order chi connectivity index (χ1) is 15.7. The Morgan fingerprint density at radius 3 is 1.33 bits per heavy atom. The molecule has 6 nitrogen and oxygen atoms in total. The fraction of sp³-hybridized carbons (Fsp3) is 0. The summed E-state index contributed by atoms with van der Waals surface area (Å²) in [6.45, 7) is 0. The number of fused-ring (bicyclic) bond motifs is 6. The zero-order valence-corrected chi connectivity index (χ0v) is 19.6. The fourth-order valence-electron chi connectivity index (χ4n) is 4.35. The van der Waals surface area contributed by atoms with Crippen molar-refractivity contribution in [2.24, 2.45) is 0 Å². The maximum absolute atomic E-state index is 14.2. The number of nitrogen functional groups attached to an aromatic ring is 4. The average molecular weight is 491 g/mol. The van der Waals surface area contributed by atoms with Gasteiger partial charge in [0, 0.05) is 63.1 Å². The standard InChI is InChI=1S/C24H18N4O2S3/c25-11-1-3-15-17(5-11)31-19-7-13(27)9-21(23(15)19)33(29,30)22-10-14(28)8-20-24(22)16-4-2-12(26)6-18(16)32-20/h1-10H,25-28H2. The summed E-state index contributed by atoms with van der Waals surface area (Å²) in [7, 11) is -3.99. The molecule has 0 aliphatic heterocycles. The molecule has 6 aromatic rings. The van der Waals surface area contributed by atoms with E-state index in [9.17, 15) is 8.42 Å². The molecule has 0 bridgehead atoms. The maximum atomic E-state index is 14.2. The summed E-state index contributed by atoms with van der Waals surface area (Å²) in [4.78, 5) is 0.324. The van der Waals surface area contributed by atoms with Gasteiger partial charge in [0.1, 0.15) is 0 Å². The van der Waals surface area contributed by atoms with E-state index in [0.717, 1.165) is 29.6 Å². The molecule has 0 amide bonds. The van der Waals surface area contributed by atoms with Crippen LogP contribution in [0.1, 0.15) is 0 Å². The predicted octanol–water partition coefficient (Wildman–Crippen LogP) is 5.58. The number of hydrogen-bond donors (Lipinski definition) is 4. The summed E-state index contributed by atoms with van der Waals surface area (Å²) in [6.07, 6.45) is 0. The van der Waals surface area contributed by atoms with Crippen molar-refractivity contribution in [1.82, 2.24) is 0 Å². The van der Waals surface area contributed by atoms with E-state index in [-0.39, 0.29) is 9.79 Å². The Hall–Kier alpha value is -3.53. The lowest BCUT2D eigenvalue weighted by Gasteiger charge is -2.11. The molecule has 2 aromatic heterocycles. The topological polar surface area (TPSA) is 138 Å². The van der Waals surface area contributed by atoms with Gasteiger partial charge in [0.25, 0.3) is 0 Å². The minimum absolute atomic E-state index is 0.162. The van der Waals surface area contributed by atoms with Gasteiger partial charge in [0.05, 0.1) is 9.79 Å². The second-order valence-electron chi connectivity index (χ2n) is 8.00. The highest BCUT2D eigenvalue weighted by molar-refractivity contribution is 7.92. The lowest BCUT2D eigenvalue weighted by Crippen LogP contribution is -2.05. The molecule has 4 aromatic carbocycles. The number of thiophene rings is 2. The fourth-order valence-corrected chi connectivity index (χ4v) is 8.74. The van der Waals surface area contributed by atoms with Crippen molar-refractivity contribution >= 4 is 95.6 Å². The number of rotatable bonds is 2. The largest absolute Gasteiger partial charge is 0.399 e. The highest BCUT2D eigenvalue weighted by Gasteiger charge is 2.27. The third-order valence-corrected chi connectivity index (χ3v) is 9.75. The lowest BCUT2D eigenvalue weighted by atomic mass is 10.1. The van der Waals surface area contributed by atoms with Gasteiger partial charge < -0.3 is 22.9 Å². The van der Waals surface area contributed by atoms with E-state index in [0.29, 0.717) is 33.5 Å². The van der Waals surface area contributed by atoms with Gasteiger partial charge in [-0.05, 0) is 48.5 Å². The average Bonchev–Trinajstić information content (AvgIpc) is 3.28. The minimum atomic E-state index is -3.99. The Kier molecular flexibility index (Phi) is 4.10. The van der Waals surface area contributed by atoms with Crippen molar-refractivity contribution < 1.29 is 8.42 Å². The van der Waals surface area contributed by atoms with Gasteiger partial charge in [-0.1, -0.05) is 12.1 Å². The number of benzene rings is 4. The Morgan fingerprint density at radius 2 is 0.909 bits per heavy atom. The van der Waals surface area contributed by atoms with E-state index < -0.39 is 9.84 Å². The normalized spacial score (nSPS) is 12.4. The zero-order chi connectivity index (χ0) is 23.1. The van der Waals surface area contributed by atoms with Gasteiger partial charge >= 0.3 is 0 Å². The molecule has 0 saturated carbocycles. The lowest BCUT2D eigenvalue weighted by molar-refractivity contribution is 0.598. The molecule has 0 unspecified atom stereocenters. The van der Waals surface area contributed by atoms with Crippen molar-refractivity contribution in [1.29, 1.82) is 0 Å². The second-order valence-corrected chi connectivity index (χ2v) is 12.1. The van der Waals surface area contributed by atoms with Gasteiger partial charge in [-0.25, -0.2) is 8.42 Å². The summed E-state index contributed by atoms with van der Waals surface area (Å²) in [5, 5.41) is 2.93. The van der Waals surface area contributed by atoms with Crippen molar-refractivity contribution in [3.63, 3.8) is 0 Å². The van der Waals surface area contributed by atoms with Crippen LogP contribution in [0.15, 0.2) is 70.5 Å². The molecule has 0 aliphatic rings. The molecule has 0 radical (unpaired) electrons. The van der Waals surface area contributed by atoms with Crippen LogP contribution < -0.4 is 22.9 Å². The first-order valence-corrected chi connectivity index (χ1v) is 13.1. The van der Waals surface area contributed by atoms with Crippen LogP contribution in [0.3, 0.4) is 0 Å². The second kappa shape index (κ2) is 6.74. The maximum Gasteiger partial charge on any atom is 0.208 e. The Labute approximate surface area is 196 Å². The molecule has 0 saturated heterocycles. The van der Waals surface area contributed by atoms with Gasteiger partial charge in [0.15, 0.2) is 0 Å². The van der Waals surface area contributed by atoms with Crippen LogP contribution in [-0.2, 0) is 9.84 Å². The number of sulfone groups is 1. The molecule has 33 heavy (non-hydrogen) atoms. The molecule has 9 heteroatoms. The van der Waals surface area contributed by atoms with Crippen LogP contribution in [0.2, 0.25) is 0 Å². The van der Waals surface area contributed by atoms with Crippen LogP contribution in [0.4, 0.5) is 22.7 Å². The minimum Gasteiger partial charge on any atom is -0.399 e. The van der Waals surface area contributed by atoms with Crippen molar-refractivity contribution in [3.05, 3.63) is 60.7 Å². The Balaban J connectivity index is 1.75. The van der Waals surface area contributed by atoms with E-state index in [2.05, 4.69) is 0 Å². The van der Waals surface area contributed by atoms with Crippen molar-refractivity contribution in [2.75, 3.05) is 22.9 Å². The molecule has 2 heterocycles. The van der Waals surface area contributed by atoms with Gasteiger partial charge in [0.2, 0.25) is 9.84 Å². The summed E-state index contributed by atoms with van der Waals surface area (Å²) in [5.74, 6) is 0. The van der Waals surface area contributed by atoms with Gasteiger partial charge in [-0.3, -0.25) is 0 Å². The molecule has 0 fully saturated rings. The van der Waals surface area contributed by atoms with Crippen LogP contribution in [0, 0.1) is 0 Å². The van der Waals surface area contributed by atoms with Crippen LogP contribution in [0.5, 0.6) is 0 Å². The van der Waals surface area contributed by atoms with Crippen LogP contribution in [0.25, 0.3) is 40.3 Å². The molecule has 6 rings (SSSR count). The molecular formula is C24H18N4O2S3. The first kappa shape index (κ1) is 20.1. The summed E-state index contributed by atoms with van der Waals surface area (Å²) < 4.78 is 31.9. The monoisotopic (exact) mass is 490 g/mol. The quantitative estimate of drug-likeness (QED) is 0.234. The van der Waals surface area contributed by atoms with E-state index in [1.54, 1.807) is 24.3 Å². The highest BCUT2D eigenvalue weighted by Crippen LogP contribution is 2.45. The zero-order valence-electron chi connectivity index (χ0n) is 17.1. The van der Waals surface area contributed by atoms with E-state index in [4.69, 9.17) is 22.9 Å². The highest BCUT2D eigenvalue weighted by atomic mass is 32.2. The first-order valence-electron chi connectivity index (χ1n) is 10.00. The van der Waals surface area contributed by atoms with E-state index in [1.807, 2.05) is 24.3 Å². The van der Waals surface area contributed by atoms with Crippen LogP contribution in [-0.4, -0.2) is 8.42 Å². The number of hydrogen-bond acceptors (Lipinski definition) is 8. The summed E-state index contributed by atoms with van der Waals surface area (Å²) in [6, 6.07) is 17.6. The predicted molar refractivity (Wildman–Crippen MR) is 142 cm³/mol. The van der Waals surface area contributed by atoms with Gasteiger partial charge in [-0.2, -0.15) is 0 Å². The van der Waals surface area contributed by atoms with Crippen molar-refractivity contribution in [3.8, 4) is 0 Å². The molecule has 164 valence electrons. The number of nitrogens with two attached hydrogens (primary N) is 4. The molecule has 8 N–H and O–H groups in total. The summed E-state index contributed by atoms with van der Waals surface area (Å²) >= 11 is 2.93. The third kappa shape index (κ3) is 2.93. The van der Waals surface area contributed by atoms with E-state index in [1.165, 1.54) is 34.8 Å². The Morgan fingerprint density at radius 1 is 0.515 bits per heavy atom. The van der Waals surface area contributed by atoms with Gasteiger partial charge in [-0.15, -0.1) is 22.7 Å². The molecule has 0 spiro atoms. The number of anilines is 4. The van der Waals surface area contributed by atoms with Crippen molar-refractivity contribution in [2.45, 2.75) is 9.79 Å². The SMILES string of the molecule is Nc1ccc2c(c1)sc1cc(N)cc(S(=O)(=O)c3cc(N)cc4sc5cc(N)ccc5c34)c12. The van der Waals surface area contributed by atoms with E-state index >= 15 is 0 Å². The Bertz CT molecular complexity index is 1750. The third-order valence-electron chi connectivity index (χ3n) is 5.75. The van der Waals surface area contributed by atoms with Crippen LogP contribution >= 0.6 is 22.7 Å². The summed E-state index contributed by atoms with van der Waals surface area (Å²) in [5.41, 5.74) is 26.2. The molecular weight excluding hydrogens is 472 g/mol.